The van der Waals surface area contributed by atoms with E-state index in [1.165, 1.54) is 0 Å². The van der Waals surface area contributed by atoms with Crippen molar-refractivity contribution in [2.45, 2.75) is 18.2 Å². The van der Waals surface area contributed by atoms with Crippen LogP contribution in [0.2, 0.25) is 0 Å². The van der Waals surface area contributed by atoms with E-state index < -0.39 is 0 Å². The number of hydrogen-bond donors (Lipinski definition) is 1. The Hall–Kier alpha value is -1.75. The van der Waals surface area contributed by atoms with Crippen LogP contribution in [0.25, 0.3) is 0 Å². The van der Waals surface area contributed by atoms with Gasteiger partial charge in [0.1, 0.15) is 0 Å². The predicted octanol–water partition coefficient (Wildman–Crippen LogP) is 1.92. The number of aryl methyl sites for hydroxylation is 1. The lowest BCUT2D eigenvalue weighted by Gasteiger charge is -2.20. The molecule has 0 aliphatic carbocycles. The Morgan fingerprint density at radius 1 is 1.35 bits per heavy atom. The van der Waals surface area contributed by atoms with E-state index in [1.54, 1.807) is 22.8 Å². The molecule has 1 aromatic heterocycles. The number of amides is 1. The number of hydrogen-bond acceptors (Lipinski definition) is 3. The number of thiol groups is 1. The Bertz CT molecular complexity index is 568. The van der Waals surface area contributed by atoms with E-state index in [9.17, 15) is 4.79 Å². The first-order valence-corrected chi connectivity index (χ1v) is 7.02. The fourth-order valence-electron chi connectivity index (χ4n) is 2.08. The second-order valence-corrected chi connectivity index (χ2v) is 5.55. The van der Waals surface area contributed by atoms with Crippen LogP contribution in [0.3, 0.4) is 0 Å². The van der Waals surface area contributed by atoms with E-state index in [4.69, 9.17) is 0 Å². The summed E-state index contributed by atoms with van der Waals surface area (Å²) in [5, 5.41) is 3.78. The molecule has 0 N–H and O–H groups in total. The Morgan fingerprint density at radius 2 is 2.05 bits per heavy atom. The summed E-state index contributed by atoms with van der Waals surface area (Å²) >= 11 is 4.44. The SMILES string of the molecule is CN(Cc1cnn(C)c1)C(=O)C(S)Cc1ccccc1. The molecule has 106 valence electrons. The zero-order chi connectivity index (χ0) is 14.5. The third kappa shape index (κ3) is 3.87. The van der Waals surface area contributed by atoms with Gasteiger partial charge in [-0.2, -0.15) is 17.7 Å². The van der Waals surface area contributed by atoms with Crippen molar-refractivity contribution >= 4 is 18.5 Å². The molecule has 20 heavy (non-hydrogen) atoms. The van der Waals surface area contributed by atoms with Crippen molar-refractivity contribution in [3.05, 3.63) is 53.9 Å². The normalized spacial score (nSPS) is 12.2. The van der Waals surface area contributed by atoms with Crippen LogP contribution in [0.15, 0.2) is 42.7 Å². The van der Waals surface area contributed by atoms with Gasteiger partial charge < -0.3 is 4.90 Å². The summed E-state index contributed by atoms with van der Waals surface area (Å²) in [4.78, 5) is 14.0. The molecule has 0 saturated carbocycles. The summed E-state index contributed by atoms with van der Waals surface area (Å²) in [6, 6.07) is 9.93. The third-order valence-corrected chi connectivity index (χ3v) is 3.51. The van der Waals surface area contributed by atoms with Gasteiger partial charge in [0.05, 0.1) is 11.4 Å². The molecule has 0 aliphatic heterocycles. The fraction of sp³-hybridized carbons (Fsp3) is 0.333. The van der Waals surface area contributed by atoms with Crippen LogP contribution in [0.4, 0.5) is 0 Å². The molecule has 1 aromatic carbocycles. The topological polar surface area (TPSA) is 38.1 Å². The van der Waals surface area contributed by atoms with Crippen molar-refractivity contribution in [2.75, 3.05) is 7.05 Å². The van der Waals surface area contributed by atoms with Gasteiger partial charge in [0.15, 0.2) is 0 Å². The molecule has 0 bridgehead atoms. The Labute approximate surface area is 124 Å². The van der Waals surface area contributed by atoms with Gasteiger partial charge in [-0.1, -0.05) is 30.3 Å². The summed E-state index contributed by atoms with van der Waals surface area (Å²) < 4.78 is 1.73. The van der Waals surface area contributed by atoms with Gasteiger partial charge in [-0.15, -0.1) is 0 Å². The van der Waals surface area contributed by atoms with Gasteiger partial charge in [0.2, 0.25) is 5.91 Å². The number of carbonyl (C=O) groups excluding carboxylic acids is 1. The monoisotopic (exact) mass is 289 g/mol. The van der Waals surface area contributed by atoms with Gasteiger partial charge in [-0.05, 0) is 12.0 Å². The van der Waals surface area contributed by atoms with Crippen molar-refractivity contribution in [1.82, 2.24) is 14.7 Å². The first-order valence-electron chi connectivity index (χ1n) is 6.51. The van der Waals surface area contributed by atoms with Gasteiger partial charge in [-0.3, -0.25) is 9.48 Å². The first kappa shape index (κ1) is 14.7. The van der Waals surface area contributed by atoms with Gasteiger partial charge in [-0.25, -0.2) is 0 Å². The van der Waals surface area contributed by atoms with Gasteiger partial charge >= 0.3 is 0 Å². The largest absolute Gasteiger partial charge is 0.340 e. The minimum absolute atomic E-state index is 0.0287. The molecule has 1 amide bonds. The minimum Gasteiger partial charge on any atom is -0.340 e. The predicted molar refractivity (Wildman–Crippen MR) is 82.6 cm³/mol. The molecule has 1 unspecified atom stereocenters. The van der Waals surface area contributed by atoms with E-state index in [0.29, 0.717) is 13.0 Å². The van der Waals surface area contributed by atoms with Crippen molar-refractivity contribution < 1.29 is 4.79 Å². The van der Waals surface area contributed by atoms with Crippen molar-refractivity contribution in [2.24, 2.45) is 7.05 Å². The molecule has 1 heterocycles. The van der Waals surface area contributed by atoms with Crippen LogP contribution >= 0.6 is 12.6 Å². The number of carbonyl (C=O) groups is 1. The zero-order valence-electron chi connectivity index (χ0n) is 11.7. The molecule has 0 spiro atoms. The Balaban J connectivity index is 1.92. The number of benzene rings is 1. The molecule has 5 heteroatoms. The summed E-state index contributed by atoms with van der Waals surface area (Å²) in [6.45, 7) is 0.554. The molecular weight excluding hydrogens is 270 g/mol. The number of rotatable bonds is 5. The average Bonchev–Trinajstić information content (AvgIpc) is 2.84. The highest BCUT2D eigenvalue weighted by Crippen LogP contribution is 2.12. The molecule has 2 rings (SSSR count). The zero-order valence-corrected chi connectivity index (χ0v) is 12.6. The van der Waals surface area contributed by atoms with Crippen LogP contribution < -0.4 is 0 Å². The minimum atomic E-state index is -0.320. The van der Waals surface area contributed by atoms with Gasteiger partial charge in [0, 0.05) is 32.4 Å². The van der Waals surface area contributed by atoms with Crippen molar-refractivity contribution in [3.63, 3.8) is 0 Å². The number of nitrogens with zero attached hydrogens (tertiary/aromatic N) is 3. The molecule has 1 atom stereocenters. The molecule has 0 radical (unpaired) electrons. The Morgan fingerprint density at radius 3 is 2.65 bits per heavy atom. The van der Waals surface area contributed by atoms with E-state index >= 15 is 0 Å². The lowest BCUT2D eigenvalue weighted by Crippen LogP contribution is -2.34. The second kappa shape index (κ2) is 6.61. The quantitative estimate of drug-likeness (QED) is 0.854. The van der Waals surface area contributed by atoms with Crippen molar-refractivity contribution in [3.8, 4) is 0 Å². The standard InChI is InChI=1S/C15H19N3OS/c1-17(10-13-9-16-18(2)11-13)15(19)14(20)8-12-6-4-3-5-7-12/h3-7,9,11,14,20H,8,10H2,1-2H3. The molecule has 2 aromatic rings. The van der Waals surface area contributed by atoms with Crippen LogP contribution in [-0.4, -0.2) is 32.9 Å². The lowest BCUT2D eigenvalue weighted by atomic mass is 10.1. The van der Waals surface area contributed by atoms with E-state index in [2.05, 4.69) is 17.7 Å². The summed E-state index contributed by atoms with van der Waals surface area (Å²) in [5.41, 5.74) is 2.14. The van der Waals surface area contributed by atoms with E-state index in [-0.39, 0.29) is 11.2 Å². The highest BCUT2D eigenvalue weighted by Gasteiger charge is 2.19. The summed E-state index contributed by atoms with van der Waals surface area (Å²) in [7, 11) is 3.66. The van der Waals surface area contributed by atoms with Crippen LogP contribution in [0, 0.1) is 0 Å². The third-order valence-electron chi connectivity index (χ3n) is 3.11. The first-order chi connectivity index (χ1) is 9.56. The van der Waals surface area contributed by atoms with Gasteiger partial charge in [0.25, 0.3) is 0 Å². The highest BCUT2D eigenvalue weighted by atomic mass is 32.1. The maximum Gasteiger partial charge on any atom is 0.235 e. The smallest absolute Gasteiger partial charge is 0.235 e. The maximum absolute atomic E-state index is 12.3. The van der Waals surface area contributed by atoms with E-state index in [0.717, 1.165) is 11.1 Å². The molecule has 0 aliphatic rings. The molecule has 4 nitrogen and oxygen atoms in total. The van der Waals surface area contributed by atoms with Crippen LogP contribution in [0.5, 0.6) is 0 Å². The molecule has 0 fully saturated rings. The second-order valence-electron chi connectivity index (χ2n) is 4.92. The molecule has 0 saturated heterocycles. The molecular formula is C15H19N3OS. The van der Waals surface area contributed by atoms with E-state index in [1.807, 2.05) is 43.6 Å². The van der Waals surface area contributed by atoms with Crippen LogP contribution in [0.1, 0.15) is 11.1 Å². The van der Waals surface area contributed by atoms with Crippen molar-refractivity contribution in [1.29, 1.82) is 0 Å². The maximum atomic E-state index is 12.3. The lowest BCUT2D eigenvalue weighted by molar-refractivity contribution is -0.129. The highest BCUT2D eigenvalue weighted by molar-refractivity contribution is 7.81. The van der Waals surface area contributed by atoms with Crippen LogP contribution in [-0.2, 0) is 24.8 Å². The average molecular weight is 289 g/mol. The number of aromatic nitrogens is 2. The Kier molecular flexibility index (Phi) is 4.84. The summed E-state index contributed by atoms with van der Waals surface area (Å²) in [5.74, 6) is 0.0287. The summed E-state index contributed by atoms with van der Waals surface area (Å²) in [6.07, 6.45) is 4.32. The fourth-order valence-corrected chi connectivity index (χ4v) is 2.49.